The molecular formula is C10H8NO5PS. The van der Waals surface area contributed by atoms with Gasteiger partial charge in [-0.3, -0.25) is 0 Å². The highest BCUT2D eigenvalue weighted by atomic mass is 32.2. The average molecular weight is 285 g/mol. The molecule has 1 aliphatic heterocycles. The standard InChI is InChI=1S/C10H8NO5PS/c1-2-12-10-6-11-18-14-4-3-13-8-5-9(8)16-17-15-7(1)10/h1-4,6,17H,5H2. The van der Waals surface area contributed by atoms with Crippen molar-refractivity contribution >= 4 is 27.5 Å². The van der Waals surface area contributed by atoms with Gasteiger partial charge >= 0.3 is 0 Å². The lowest BCUT2D eigenvalue weighted by molar-refractivity contribution is 0.349. The lowest BCUT2D eigenvalue weighted by Gasteiger charge is -2.02. The highest BCUT2D eigenvalue weighted by Gasteiger charge is 2.26. The monoisotopic (exact) mass is 285 g/mol. The van der Waals surface area contributed by atoms with E-state index in [2.05, 4.69) is 4.40 Å². The SMILES string of the molecule is C1=COC2=C(C2)OPOc2ccoc2C=NSO1. The second-order valence-electron chi connectivity index (χ2n) is 3.25. The number of nitrogens with zero attached hydrogens (tertiary/aromatic N) is 1. The van der Waals surface area contributed by atoms with Crippen molar-refractivity contribution < 1.29 is 22.4 Å². The van der Waals surface area contributed by atoms with Crippen LogP contribution in [-0.4, -0.2) is 6.21 Å². The molecule has 0 amide bonds. The molecule has 0 spiro atoms. The Kier molecular flexibility index (Phi) is 3.43. The number of allylic oxidation sites excluding steroid dienone is 2. The maximum absolute atomic E-state index is 5.43. The van der Waals surface area contributed by atoms with Gasteiger partial charge in [0.25, 0.3) is 9.03 Å². The van der Waals surface area contributed by atoms with Gasteiger partial charge in [0.2, 0.25) is 12.2 Å². The third-order valence-corrected chi connectivity index (χ3v) is 3.08. The molecule has 0 N–H and O–H groups in total. The van der Waals surface area contributed by atoms with Gasteiger partial charge < -0.3 is 22.4 Å². The van der Waals surface area contributed by atoms with Crippen LogP contribution in [0.4, 0.5) is 0 Å². The van der Waals surface area contributed by atoms with Crippen molar-refractivity contribution in [1.82, 2.24) is 0 Å². The molecule has 0 radical (unpaired) electrons. The van der Waals surface area contributed by atoms with Gasteiger partial charge in [-0.25, -0.2) is 0 Å². The van der Waals surface area contributed by atoms with Crippen LogP contribution in [0.2, 0.25) is 0 Å². The first-order valence-electron chi connectivity index (χ1n) is 4.99. The van der Waals surface area contributed by atoms with Crippen LogP contribution in [-0.2, 0) is 13.4 Å². The van der Waals surface area contributed by atoms with E-state index in [0.717, 1.165) is 23.7 Å². The lowest BCUT2D eigenvalue weighted by atomic mass is 10.4. The average Bonchev–Trinajstić information content (AvgIpc) is 2.96. The number of furan rings is 1. The van der Waals surface area contributed by atoms with Gasteiger partial charge in [-0.1, -0.05) is 0 Å². The van der Waals surface area contributed by atoms with Crippen molar-refractivity contribution in [1.29, 1.82) is 0 Å². The third kappa shape index (κ3) is 2.80. The first kappa shape index (κ1) is 11.5. The van der Waals surface area contributed by atoms with Gasteiger partial charge in [-0.15, -0.1) is 0 Å². The predicted molar refractivity (Wildman–Crippen MR) is 66.9 cm³/mol. The fourth-order valence-corrected chi connectivity index (χ4v) is 2.03. The Morgan fingerprint density at radius 2 is 2.22 bits per heavy atom. The summed E-state index contributed by atoms with van der Waals surface area (Å²) in [6.45, 7) is 0. The van der Waals surface area contributed by atoms with Gasteiger partial charge in [0.05, 0.1) is 18.9 Å². The van der Waals surface area contributed by atoms with Crippen LogP contribution in [0.3, 0.4) is 0 Å². The van der Waals surface area contributed by atoms with Gasteiger partial charge in [-0.2, -0.15) is 4.40 Å². The largest absolute Gasteiger partial charge is 0.462 e. The molecule has 0 fully saturated rings. The fourth-order valence-electron chi connectivity index (χ4n) is 1.16. The molecule has 1 aromatic heterocycles. The summed E-state index contributed by atoms with van der Waals surface area (Å²) in [6, 6.07) is 1.70. The molecule has 0 bridgehead atoms. The van der Waals surface area contributed by atoms with E-state index in [1.165, 1.54) is 25.0 Å². The Morgan fingerprint density at radius 3 is 3.22 bits per heavy atom. The number of hydrogen-bond acceptors (Lipinski definition) is 7. The van der Waals surface area contributed by atoms with E-state index in [9.17, 15) is 0 Å². The second kappa shape index (κ2) is 5.37. The fraction of sp³-hybridized carbons (Fsp3) is 0.100. The lowest BCUT2D eigenvalue weighted by Crippen LogP contribution is -1.83. The Morgan fingerprint density at radius 1 is 1.22 bits per heavy atom. The summed E-state index contributed by atoms with van der Waals surface area (Å²) < 4.78 is 30.2. The maximum atomic E-state index is 5.43. The van der Waals surface area contributed by atoms with E-state index in [-0.39, 0.29) is 9.03 Å². The molecule has 0 saturated heterocycles. The molecule has 1 unspecified atom stereocenters. The van der Waals surface area contributed by atoms with Crippen LogP contribution in [0.5, 0.6) is 5.75 Å². The van der Waals surface area contributed by atoms with E-state index in [1.54, 1.807) is 6.07 Å². The zero-order valence-electron chi connectivity index (χ0n) is 8.99. The number of ether oxygens (including phenoxy) is 1. The zero-order chi connectivity index (χ0) is 12.2. The van der Waals surface area contributed by atoms with Gasteiger partial charge in [0.15, 0.2) is 17.3 Å². The van der Waals surface area contributed by atoms with Gasteiger partial charge in [0, 0.05) is 6.07 Å². The summed E-state index contributed by atoms with van der Waals surface area (Å²) in [4.78, 5) is 0. The minimum Gasteiger partial charge on any atom is -0.462 e. The Balaban J connectivity index is 1.71. The predicted octanol–water partition coefficient (Wildman–Crippen LogP) is 3.30. The summed E-state index contributed by atoms with van der Waals surface area (Å²) in [5, 5.41) is 0. The van der Waals surface area contributed by atoms with Crippen LogP contribution < -0.4 is 4.52 Å². The summed E-state index contributed by atoms with van der Waals surface area (Å²) in [7, 11) is -0.142. The van der Waals surface area contributed by atoms with Gasteiger partial charge in [0.1, 0.15) is 18.3 Å². The van der Waals surface area contributed by atoms with E-state index in [1.807, 2.05) is 0 Å². The van der Waals surface area contributed by atoms with E-state index < -0.39 is 0 Å². The van der Waals surface area contributed by atoms with Crippen LogP contribution >= 0.6 is 21.3 Å². The quantitative estimate of drug-likeness (QED) is 0.414. The maximum Gasteiger partial charge on any atom is 0.275 e. The van der Waals surface area contributed by atoms with Crippen molar-refractivity contribution in [3.8, 4) is 5.75 Å². The topological polar surface area (TPSA) is 62.4 Å². The molecule has 1 atom stereocenters. The highest BCUT2D eigenvalue weighted by Crippen LogP contribution is 2.39. The van der Waals surface area contributed by atoms with Crippen molar-refractivity contribution in [3.63, 3.8) is 0 Å². The molecule has 1 aromatic rings. The normalized spacial score (nSPS) is 19.8. The molecular weight excluding hydrogens is 277 g/mol. The minimum absolute atomic E-state index is 0.142. The third-order valence-electron chi connectivity index (χ3n) is 2.06. The summed E-state index contributed by atoms with van der Waals surface area (Å²) in [5.74, 6) is 2.67. The molecule has 0 aromatic carbocycles. The molecule has 2 heterocycles. The smallest absolute Gasteiger partial charge is 0.275 e. The Bertz CT molecular complexity index is 524. The molecule has 0 saturated carbocycles. The van der Waals surface area contributed by atoms with E-state index in [4.69, 9.17) is 22.4 Å². The first-order valence-corrected chi connectivity index (χ1v) is 6.51. The molecule has 2 aliphatic rings. The zero-order valence-corrected chi connectivity index (χ0v) is 10.8. The van der Waals surface area contributed by atoms with Crippen molar-refractivity contribution in [2.75, 3.05) is 0 Å². The van der Waals surface area contributed by atoms with Crippen molar-refractivity contribution in [2.45, 2.75) is 6.42 Å². The van der Waals surface area contributed by atoms with E-state index in [0.29, 0.717) is 17.9 Å². The van der Waals surface area contributed by atoms with E-state index >= 15 is 0 Å². The number of fused-ring (bicyclic) bond motifs is 1. The number of hydrogen-bond donors (Lipinski definition) is 0. The summed E-state index contributed by atoms with van der Waals surface area (Å²) in [6.07, 6.45) is 6.56. The van der Waals surface area contributed by atoms with Crippen molar-refractivity contribution in [2.24, 2.45) is 4.40 Å². The first-order chi connectivity index (χ1) is 8.93. The molecule has 8 heteroatoms. The highest BCUT2D eigenvalue weighted by molar-refractivity contribution is 7.93. The van der Waals surface area contributed by atoms with Gasteiger partial charge in [-0.05, 0) is 0 Å². The molecule has 1 aliphatic carbocycles. The summed E-state index contributed by atoms with van der Waals surface area (Å²) in [5.41, 5.74) is 0. The van der Waals surface area contributed by atoms with Crippen LogP contribution in [0, 0.1) is 0 Å². The van der Waals surface area contributed by atoms with Crippen LogP contribution in [0.25, 0.3) is 0 Å². The Labute approximate surface area is 109 Å². The second-order valence-corrected chi connectivity index (χ2v) is 4.38. The Hall–Kier alpha value is -1.59. The van der Waals surface area contributed by atoms with Crippen LogP contribution in [0.15, 0.2) is 45.2 Å². The summed E-state index contributed by atoms with van der Waals surface area (Å²) >= 11 is 0.904. The molecule has 94 valence electrons. The molecule has 6 nitrogen and oxygen atoms in total. The molecule has 3 rings (SSSR count). The van der Waals surface area contributed by atoms with Crippen LogP contribution in [0.1, 0.15) is 12.2 Å². The molecule has 18 heavy (non-hydrogen) atoms. The van der Waals surface area contributed by atoms with Crippen molar-refractivity contribution in [3.05, 3.63) is 42.1 Å². The minimum atomic E-state index is -0.142. The number of rotatable bonds is 0.